The SMILES string of the molecule is C=C(CN1C(=O)c2cccc3cccc1c23)C(=O)O. The highest BCUT2D eigenvalue weighted by atomic mass is 16.4. The van der Waals surface area contributed by atoms with Gasteiger partial charge in [-0.1, -0.05) is 30.8 Å². The van der Waals surface area contributed by atoms with Crippen LogP contribution in [-0.4, -0.2) is 23.5 Å². The van der Waals surface area contributed by atoms with Crippen molar-refractivity contribution < 1.29 is 14.7 Å². The van der Waals surface area contributed by atoms with Crippen molar-refractivity contribution in [2.24, 2.45) is 0 Å². The van der Waals surface area contributed by atoms with Crippen LogP contribution in [0.5, 0.6) is 0 Å². The second kappa shape index (κ2) is 3.95. The summed E-state index contributed by atoms with van der Waals surface area (Å²) in [5, 5.41) is 10.8. The molecule has 0 spiro atoms. The maximum atomic E-state index is 12.3. The Morgan fingerprint density at radius 3 is 2.58 bits per heavy atom. The van der Waals surface area contributed by atoms with Crippen molar-refractivity contribution in [3.8, 4) is 0 Å². The van der Waals surface area contributed by atoms with E-state index in [2.05, 4.69) is 6.58 Å². The predicted octanol–water partition coefficient (Wildman–Crippen LogP) is 2.44. The fraction of sp³-hybridized carbons (Fsp3) is 0.0667. The normalized spacial score (nSPS) is 13.1. The Morgan fingerprint density at radius 2 is 1.89 bits per heavy atom. The van der Waals surface area contributed by atoms with E-state index in [-0.39, 0.29) is 18.0 Å². The number of anilines is 1. The molecule has 1 amide bonds. The highest BCUT2D eigenvalue weighted by Gasteiger charge is 2.30. The van der Waals surface area contributed by atoms with Crippen LogP contribution in [0.3, 0.4) is 0 Å². The Kier molecular flexibility index (Phi) is 2.38. The summed E-state index contributed by atoms with van der Waals surface area (Å²) in [5.41, 5.74) is 1.37. The van der Waals surface area contributed by atoms with Gasteiger partial charge in [-0.15, -0.1) is 0 Å². The van der Waals surface area contributed by atoms with Gasteiger partial charge in [0.05, 0.1) is 12.2 Å². The molecule has 0 radical (unpaired) electrons. The molecule has 1 aliphatic rings. The first-order chi connectivity index (χ1) is 9.09. The van der Waals surface area contributed by atoms with E-state index in [1.807, 2.05) is 30.3 Å². The van der Waals surface area contributed by atoms with E-state index in [4.69, 9.17) is 5.11 Å². The lowest BCUT2D eigenvalue weighted by atomic mass is 10.1. The van der Waals surface area contributed by atoms with Crippen molar-refractivity contribution in [3.63, 3.8) is 0 Å². The minimum atomic E-state index is -1.09. The molecule has 1 aliphatic heterocycles. The van der Waals surface area contributed by atoms with Gasteiger partial charge in [0, 0.05) is 16.5 Å². The molecule has 0 aliphatic carbocycles. The van der Waals surface area contributed by atoms with Gasteiger partial charge in [-0.05, 0) is 17.5 Å². The molecule has 1 heterocycles. The van der Waals surface area contributed by atoms with Crippen LogP contribution in [0.4, 0.5) is 5.69 Å². The molecule has 0 atom stereocenters. The molecule has 4 heteroatoms. The summed E-state index contributed by atoms with van der Waals surface area (Å²) < 4.78 is 0. The predicted molar refractivity (Wildman–Crippen MR) is 72.4 cm³/mol. The van der Waals surface area contributed by atoms with Crippen LogP contribution in [-0.2, 0) is 4.79 Å². The number of carbonyl (C=O) groups is 2. The van der Waals surface area contributed by atoms with E-state index in [0.29, 0.717) is 5.56 Å². The van der Waals surface area contributed by atoms with Crippen LogP contribution in [0.25, 0.3) is 10.8 Å². The quantitative estimate of drug-likeness (QED) is 0.855. The number of hydrogen-bond donors (Lipinski definition) is 1. The number of nitrogens with zero attached hydrogens (tertiary/aromatic N) is 1. The maximum absolute atomic E-state index is 12.3. The van der Waals surface area contributed by atoms with Crippen molar-refractivity contribution in [2.75, 3.05) is 11.4 Å². The Hall–Kier alpha value is -2.62. The highest BCUT2D eigenvalue weighted by Crippen LogP contribution is 2.37. The lowest BCUT2D eigenvalue weighted by Gasteiger charge is -2.17. The largest absolute Gasteiger partial charge is 0.478 e. The molecule has 2 aromatic carbocycles. The highest BCUT2D eigenvalue weighted by molar-refractivity contribution is 6.25. The molecule has 2 aromatic rings. The molecule has 0 unspecified atom stereocenters. The summed E-state index contributed by atoms with van der Waals surface area (Å²) in [5.74, 6) is -1.26. The fourth-order valence-electron chi connectivity index (χ4n) is 2.39. The van der Waals surface area contributed by atoms with Gasteiger partial charge < -0.3 is 10.0 Å². The van der Waals surface area contributed by atoms with Gasteiger partial charge in [0.25, 0.3) is 5.91 Å². The first-order valence-corrected chi connectivity index (χ1v) is 5.84. The molecule has 0 fully saturated rings. The maximum Gasteiger partial charge on any atom is 0.332 e. The van der Waals surface area contributed by atoms with E-state index in [1.54, 1.807) is 6.07 Å². The number of carboxylic acids is 1. The summed E-state index contributed by atoms with van der Waals surface area (Å²) in [6, 6.07) is 11.1. The molecule has 0 saturated carbocycles. The number of benzene rings is 2. The van der Waals surface area contributed by atoms with E-state index in [9.17, 15) is 9.59 Å². The van der Waals surface area contributed by atoms with Crippen molar-refractivity contribution >= 4 is 28.3 Å². The Balaban J connectivity index is 2.13. The lowest BCUT2D eigenvalue weighted by molar-refractivity contribution is -0.132. The van der Waals surface area contributed by atoms with Gasteiger partial charge in [0.1, 0.15) is 0 Å². The van der Waals surface area contributed by atoms with Crippen molar-refractivity contribution in [1.29, 1.82) is 0 Å². The lowest BCUT2D eigenvalue weighted by Crippen LogP contribution is -2.30. The third-order valence-corrected chi connectivity index (χ3v) is 3.30. The first-order valence-electron chi connectivity index (χ1n) is 5.84. The standard InChI is InChI=1S/C15H11NO3/c1-9(15(18)19)8-16-12-7-3-5-10-4-2-6-11(13(10)12)14(16)17/h2-7H,1,8H2,(H,18,19). The van der Waals surface area contributed by atoms with Gasteiger partial charge in [-0.2, -0.15) is 0 Å². The Bertz CT molecular complexity index is 728. The summed E-state index contributed by atoms with van der Waals surface area (Å²) >= 11 is 0. The molecule has 0 bridgehead atoms. The number of carbonyl (C=O) groups excluding carboxylic acids is 1. The zero-order valence-electron chi connectivity index (χ0n) is 10.1. The van der Waals surface area contributed by atoms with Crippen LogP contribution in [0.2, 0.25) is 0 Å². The van der Waals surface area contributed by atoms with Gasteiger partial charge in [-0.25, -0.2) is 4.79 Å². The van der Waals surface area contributed by atoms with Crippen LogP contribution < -0.4 is 4.90 Å². The number of hydrogen-bond acceptors (Lipinski definition) is 2. The monoisotopic (exact) mass is 253 g/mol. The Labute approximate surface area is 109 Å². The minimum Gasteiger partial charge on any atom is -0.478 e. The molecule has 94 valence electrons. The first kappa shape index (κ1) is 11.5. The molecular formula is C15H11NO3. The third-order valence-electron chi connectivity index (χ3n) is 3.30. The molecule has 0 aromatic heterocycles. The van der Waals surface area contributed by atoms with Crippen molar-refractivity contribution in [3.05, 3.63) is 54.1 Å². The minimum absolute atomic E-state index is 0.00170. The number of aliphatic carboxylic acids is 1. The summed E-state index contributed by atoms with van der Waals surface area (Å²) in [7, 11) is 0. The van der Waals surface area contributed by atoms with Gasteiger partial charge in [0.2, 0.25) is 0 Å². The number of rotatable bonds is 3. The summed E-state index contributed by atoms with van der Waals surface area (Å²) in [6.45, 7) is 3.49. The second-order valence-electron chi connectivity index (χ2n) is 4.48. The zero-order chi connectivity index (χ0) is 13.6. The van der Waals surface area contributed by atoms with Gasteiger partial charge >= 0.3 is 5.97 Å². The van der Waals surface area contributed by atoms with Gasteiger partial charge in [0.15, 0.2) is 0 Å². The average molecular weight is 253 g/mol. The molecular weight excluding hydrogens is 242 g/mol. The van der Waals surface area contributed by atoms with Crippen LogP contribution in [0.1, 0.15) is 10.4 Å². The second-order valence-corrected chi connectivity index (χ2v) is 4.48. The summed E-state index contributed by atoms with van der Waals surface area (Å²) in [6.07, 6.45) is 0. The smallest absolute Gasteiger partial charge is 0.332 e. The van der Waals surface area contributed by atoms with E-state index in [1.165, 1.54) is 4.90 Å². The molecule has 3 rings (SSSR count). The van der Waals surface area contributed by atoms with Crippen LogP contribution in [0, 0.1) is 0 Å². The molecule has 19 heavy (non-hydrogen) atoms. The fourth-order valence-corrected chi connectivity index (χ4v) is 2.39. The third kappa shape index (κ3) is 1.61. The number of carboxylic acid groups (broad SMARTS) is 1. The van der Waals surface area contributed by atoms with Crippen LogP contribution >= 0.6 is 0 Å². The van der Waals surface area contributed by atoms with Crippen molar-refractivity contribution in [2.45, 2.75) is 0 Å². The molecule has 4 nitrogen and oxygen atoms in total. The van der Waals surface area contributed by atoms with Crippen molar-refractivity contribution in [1.82, 2.24) is 0 Å². The van der Waals surface area contributed by atoms with E-state index >= 15 is 0 Å². The number of amides is 1. The van der Waals surface area contributed by atoms with E-state index < -0.39 is 5.97 Å². The zero-order valence-corrected chi connectivity index (χ0v) is 10.1. The molecule has 0 saturated heterocycles. The summed E-state index contributed by atoms with van der Waals surface area (Å²) in [4.78, 5) is 24.7. The molecule has 1 N–H and O–H groups in total. The average Bonchev–Trinajstić information content (AvgIpc) is 2.67. The van der Waals surface area contributed by atoms with Gasteiger partial charge in [-0.3, -0.25) is 4.79 Å². The topological polar surface area (TPSA) is 57.6 Å². The Morgan fingerprint density at radius 1 is 1.21 bits per heavy atom. The van der Waals surface area contributed by atoms with E-state index in [0.717, 1.165) is 16.5 Å². The van der Waals surface area contributed by atoms with Crippen LogP contribution in [0.15, 0.2) is 48.6 Å².